The van der Waals surface area contributed by atoms with Crippen molar-refractivity contribution in [3.63, 3.8) is 0 Å². The normalized spacial score (nSPS) is 28.1. The van der Waals surface area contributed by atoms with E-state index in [1.807, 2.05) is 6.07 Å². The monoisotopic (exact) mass is 505 g/mol. The number of ether oxygens (including phenoxy) is 1. The van der Waals surface area contributed by atoms with E-state index in [9.17, 15) is 28.5 Å². The molecule has 1 aromatic carbocycles. The molecule has 10 nitrogen and oxygen atoms in total. The molecule has 5 rings (SSSR count). The van der Waals surface area contributed by atoms with Gasteiger partial charge in [0, 0.05) is 36.4 Å². The lowest BCUT2D eigenvalue weighted by atomic mass is 9.89. The number of oxime groups is 1. The highest BCUT2D eigenvalue weighted by molar-refractivity contribution is 6.00. The second-order valence-electron chi connectivity index (χ2n) is 8.65. The number of pyridine rings is 1. The molecular formula is C23H22F3N5O5. The number of benzene rings is 1. The largest absolute Gasteiger partial charge is 0.394 e. The van der Waals surface area contributed by atoms with E-state index < -0.39 is 60.6 Å². The topological polar surface area (TPSA) is 135 Å². The Morgan fingerprint density at radius 3 is 2.50 bits per heavy atom. The summed E-state index contributed by atoms with van der Waals surface area (Å²) in [5.41, 5.74) is 1.40. The minimum Gasteiger partial charge on any atom is -0.394 e. The molecule has 4 heterocycles. The standard InChI is InChI=1S/C23H22F3N5O5/c24-14-4-12(5-15(25)20(14)26)17-9-31(30-28-17)21-22(33)18(35-19(10-32)23(21)34)7-13-6-16(29-36-13)11-2-1-3-27-8-11/h1-5,8-9,13,18-19,21-23,32-34H,6-7,10H2/t13?,18-,19-,21-,22+,23+/m1/s1. The van der Waals surface area contributed by atoms with Crippen LogP contribution in [-0.2, 0) is 9.57 Å². The number of hydrogen-bond acceptors (Lipinski definition) is 9. The maximum absolute atomic E-state index is 13.7. The summed E-state index contributed by atoms with van der Waals surface area (Å²) in [5.74, 6) is -4.40. The molecule has 1 unspecified atom stereocenters. The molecular weight excluding hydrogens is 483 g/mol. The SMILES string of the molecule is OC[C@H]1O[C@H](CC2CC(c3cccnc3)=NO2)[C@H](O)[C@@H](n2cc(-c3cc(F)c(F)c(F)c3)nn2)[C@H]1O. The zero-order chi connectivity index (χ0) is 25.4. The van der Waals surface area contributed by atoms with Gasteiger partial charge >= 0.3 is 0 Å². The quantitative estimate of drug-likeness (QED) is 0.428. The maximum Gasteiger partial charge on any atom is 0.194 e. The third-order valence-electron chi connectivity index (χ3n) is 6.31. The second-order valence-corrected chi connectivity index (χ2v) is 8.65. The van der Waals surface area contributed by atoms with E-state index in [0.29, 0.717) is 12.1 Å². The Balaban J connectivity index is 1.34. The smallest absolute Gasteiger partial charge is 0.194 e. The molecule has 0 saturated carbocycles. The Kier molecular flexibility index (Phi) is 6.71. The molecule has 0 bridgehead atoms. The fourth-order valence-corrected chi connectivity index (χ4v) is 4.46. The van der Waals surface area contributed by atoms with Crippen molar-refractivity contribution in [1.82, 2.24) is 20.0 Å². The van der Waals surface area contributed by atoms with Gasteiger partial charge in [0.15, 0.2) is 17.5 Å². The van der Waals surface area contributed by atoms with Crippen LogP contribution in [-0.4, -0.2) is 78.1 Å². The summed E-state index contributed by atoms with van der Waals surface area (Å²) in [5, 5.41) is 43.4. The van der Waals surface area contributed by atoms with Crippen LogP contribution in [0.2, 0.25) is 0 Å². The van der Waals surface area contributed by atoms with Crippen LogP contribution in [0.1, 0.15) is 24.4 Å². The molecule has 6 atom stereocenters. The highest BCUT2D eigenvalue weighted by Crippen LogP contribution is 2.34. The number of hydrogen-bond donors (Lipinski definition) is 3. The van der Waals surface area contributed by atoms with E-state index in [-0.39, 0.29) is 17.7 Å². The average Bonchev–Trinajstić information content (AvgIpc) is 3.55. The Morgan fingerprint density at radius 1 is 1.06 bits per heavy atom. The van der Waals surface area contributed by atoms with Gasteiger partial charge in [-0.2, -0.15) is 0 Å². The van der Waals surface area contributed by atoms with Crippen LogP contribution in [0.15, 0.2) is 48.0 Å². The average molecular weight is 505 g/mol. The highest BCUT2D eigenvalue weighted by Gasteiger charge is 2.47. The molecule has 2 aliphatic rings. The number of aromatic nitrogens is 4. The van der Waals surface area contributed by atoms with Gasteiger partial charge in [-0.15, -0.1) is 5.10 Å². The van der Waals surface area contributed by atoms with E-state index in [0.717, 1.165) is 22.4 Å². The molecule has 0 aliphatic carbocycles. The predicted molar refractivity (Wildman–Crippen MR) is 117 cm³/mol. The number of rotatable bonds is 6. The lowest BCUT2D eigenvalue weighted by Crippen LogP contribution is -2.56. The first-order valence-corrected chi connectivity index (χ1v) is 11.2. The summed E-state index contributed by atoms with van der Waals surface area (Å²) >= 11 is 0. The van der Waals surface area contributed by atoms with Crippen molar-refractivity contribution in [3.8, 4) is 11.3 Å². The van der Waals surface area contributed by atoms with Crippen LogP contribution >= 0.6 is 0 Å². The fourth-order valence-electron chi connectivity index (χ4n) is 4.46. The minimum atomic E-state index is -1.61. The van der Waals surface area contributed by atoms with Crippen LogP contribution in [0.5, 0.6) is 0 Å². The number of aliphatic hydroxyl groups excluding tert-OH is 3. The van der Waals surface area contributed by atoms with Gasteiger partial charge in [-0.25, -0.2) is 17.9 Å². The molecule has 1 saturated heterocycles. The third-order valence-corrected chi connectivity index (χ3v) is 6.31. The van der Waals surface area contributed by atoms with Gasteiger partial charge in [-0.3, -0.25) is 4.98 Å². The Bertz CT molecular complexity index is 1240. The van der Waals surface area contributed by atoms with Crippen molar-refractivity contribution in [1.29, 1.82) is 0 Å². The molecule has 3 aromatic rings. The van der Waals surface area contributed by atoms with Crippen molar-refractivity contribution in [2.75, 3.05) is 6.61 Å². The lowest BCUT2D eigenvalue weighted by Gasteiger charge is -2.42. The molecule has 0 radical (unpaired) electrons. The van der Waals surface area contributed by atoms with Gasteiger partial charge in [0.25, 0.3) is 0 Å². The van der Waals surface area contributed by atoms with Crippen LogP contribution < -0.4 is 0 Å². The van der Waals surface area contributed by atoms with Gasteiger partial charge in [0.1, 0.15) is 36.2 Å². The maximum atomic E-state index is 13.7. The van der Waals surface area contributed by atoms with E-state index in [2.05, 4.69) is 20.5 Å². The van der Waals surface area contributed by atoms with E-state index in [1.165, 1.54) is 6.20 Å². The van der Waals surface area contributed by atoms with Crippen molar-refractivity contribution >= 4 is 5.71 Å². The molecule has 3 N–H and O–H groups in total. The molecule has 36 heavy (non-hydrogen) atoms. The van der Waals surface area contributed by atoms with Gasteiger partial charge < -0.3 is 24.9 Å². The number of aliphatic hydroxyl groups is 3. The first-order chi connectivity index (χ1) is 17.4. The van der Waals surface area contributed by atoms with Crippen molar-refractivity contribution < 1.29 is 38.1 Å². The lowest BCUT2D eigenvalue weighted by molar-refractivity contribution is -0.212. The molecule has 13 heteroatoms. The summed E-state index contributed by atoms with van der Waals surface area (Å²) in [6, 6.07) is 4.04. The van der Waals surface area contributed by atoms with Gasteiger partial charge in [0.05, 0.1) is 24.6 Å². The highest BCUT2D eigenvalue weighted by atomic mass is 19.2. The summed E-state index contributed by atoms with van der Waals surface area (Å²) in [6.45, 7) is -0.542. The summed E-state index contributed by atoms with van der Waals surface area (Å²) in [6.07, 6.45) is 0.105. The first kappa shape index (κ1) is 24.3. The van der Waals surface area contributed by atoms with Crippen LogP contribution in [0.4, 0.5) is 13.2 Å². The van der Waals surface area contributed by atoms with Crippen LogP contribution in [0.3, 0.4) is 0 Å². The van der Waals surface area contributed by atoms with Crippen LogP contribution in [0, 0.1) is 17.5 Å². The Labute approximate surface area is 202 Å². The summed E-state index contributed by atoms with van der Waals surface area (Å²) < 4.78 is 47.6. The molecule has 0 spiro atoms. The van der Waals surface area contributed by atoms with Gasteiger partial charge in [0.2, 0.25) is 0 Å². The first-order valence-electron chi connectivity index (χ1n) is 11.2. The van der Waals surface area contributed by atoms with Gasteiger partial charge in [-0.1, -0.05) is 10.4 Å². The summed E-state index contributed by atoms with van der Waals surface area (Å²) in [4.78, 5) is 9.57. The van der Waals surface area contributed by atoms with E-state index in [4.69, 9.17) is 9.57 Å². The van der Waals surface area contributed by atoms with Crippen LogP contribution in [0.25, 0.3) is 11.3 Å². The Morgan fingerprint density at radius 2 is 1.81 bits per heavy atom. The summed E-state index contributed by atoms with van der Waals surface area (Å²) in [7, 11) is 0. The minimum absolute atomic E-state index is 0.00979. The number of halogens is 3. The van der Waals surface area contributed by atoms with E-state index in [1.54, 1.807) is 18.5 Å². The van der Waals surface area contributed by atoms with Crippen molar-refractivity contribution in [2.45, 2.75) is 49.4 Å². The molecule has 2 aromatic heterocycles. The molecule has 2 aliphatic heterocycles. The predicted octanol–water partition coefficient (Wildman–Crippen LogP) is 1.36. The zero-order valence-corrected chi connectivity index (χ0v) is 18.7. The zero-order valence-electron chi connectivity index (χ0n) is 18.7. The van der Waals surface area contributed by atoms with Crippen molar-refractivity contribution in [3.05, 3.63) is 65.9 Å². The van der Waals surface area contributed by atoms with Crippen molar-refractivity contribution in [2.24, 2.45) is 5.16 Å². The number of nitrogens with zero attached hydrogens (tertiary/aromatic N) is 5. The second kappa shape index (κ2) is 9.93. The molecule has 190 valence electrons. The molecule has 0 amide bonds. The fraction of sp³-hybridized carbons (Fsp3) is 0.391. The van der Waals surface area contributed by atoms with Gasteiger partial charge in [-0.05, 0) is 24.3 Å². The van der Waals surface area contributed by atoms with E-state index >= 15 is 0 Å². The Hall–Kier alpha value is -3.39. The third kappa shape index (κ3) is 4.57. The molecule has 1 fully saturated rings.